The Morgan fingerprint density at radius 2 is 1.84 bits per heavy atom. The van der Waals surface area contributed by atoms with Crippen LogP contribution in [0.25, 0.3) is 0 Å². The van der Waals surface area contributed by atoms with Crippen molar-refractivity contribution in [2.45, 2.75) is 26.7 Å². The molecule has 0 bridgehead atoms. The van der Waals surface area contributed by atoms with E-state index in [2.05, 4.69) is 0 Å². The number of ether oxygens (including phenoxy) is 1. The normalized spacial score (nSPS) is 11.3. The summed E-state index contributed by atoms with van der Waals surface area (Å²) < 4.78 is 27.9. The van der Waals surface area contributed by atoms with E-state index in [-0.39, 0.29) is 23.9 Å². The minimum absolute atomic E-state index is 0.0373. The lowest BCUT2D eigenvalue weighted by molar-refractivity contribution is -0.116. The fraction of sp³-hybridized carbons (Fsp3) is 0.500. The first-order valence-electron chi connectivity index (χ1n) is 6.34. The molecule has 0 aliphatic carbocycles. The molecule has 0 atom stereocenters. The van der Waals surface area contributed by atoms with E-state index >= 15 is 0 Å². The summed E-state index contributed by atoms with van der Waals surface area (Å²) in [5.41, 5.74) is 1.07. The number of hydrogen-bond acceptors (Lipinski definition) is 4. The summed E-state index contributed by atoms with van der Waals surface area (Å²) in [4.78, 5) is 10.9. The Hall–Kier alpha value is -1.36. The maximum Gasteiger partial charge on any atom is 0.153 e. The molecule has 0 saturated carbocycles. The van der Waals surface area contributed by atoms with Gasteiger partial charge in [0.25, 0.3) is 0 Å². The molecule has 0 aromatic heterocycles. The van der Waals surface area contributed by atoms with Gasteiger partial charge in [0.1, 0.15) is 18.1 Å². The zero-order chi connectivity index (χ0) is 14.3. The van der Waals surface area contributed by atoms with Crippen LogP contribution in [0.3, 0.4) is 0 Å². The minimum Gasteiger partial charge on any atom is -0.493 e. The number of rotatable bonds is 8. The zero-order valence-electron chi connectivity index (χ0n) is 11.4. The highest BCUT2D eigenvalue weighted by Gasteiger charge is 2.07. The molecular formula is C14H20O4S. The van der Waals surface area contributed by atoms with E-state index in [9.17, 15) is 13.2 Å². The van der Waals surface area contributed by atoms with Gasteiger partial charge in [-0.2, -0.15) is 0 Å². The quantitative estimate of drug-likeness (QED) is 0.733. The van der Waals surface area contributed by atoms with Crippen LogP contribution in [0.1, 0.15) is 25.8 Å². The first-order valence-corrected chi connectivity index (χ1v) is 8.16. The number of Topliss-reactive ketones (excluding diaryl/α,β-unsaturated/α-hetero) is 1. The summed E-state index contributed by atoms with van der Waals surface area (Å²) >= 11 is 0. The molecule has 0 spiro atoms. The predicted octanol–water partition coefficient (Wildman–Crippen LogP) is 2.02. The third-order valence-corrected chi connectivity index (χ3v) is 4.46. The number of carbonyl (C=O) groups excluding carboxylic acids is 1. The molecule has 0 radical (unpaired) electrons. The number of hydrogen-bond donors (Lipinski definition) is 0. The number of aryl methyl sites for hydroxylation is 1. The molecule has 0 unspecified atom stereocenters. The van der Waals surface area contributed by atoms with E-state index in [4.69, 9.17) is 4.74 Å². The van der Waals surface area contributed by atoms with E-state index in [0.29, 0.717) is 12.2 Å². The van der Waals surface area contributed by atoms with Crippen molar-refractivity contribution in [2.24, 2.45) is 0 Å². The average molecular weight is 284 g/mol. The van der Waals surface area contributed by atoms with Gasteiger partial charge in [-0.3, -0.25) is 0 Å². The lowest BCUT2D eigenvalue weighted by atomic mass is 10.1. The largest absolute Gasteiger partial charge is 0.493 e. The number of benzene rings is 1. The molecule has 1 aromatic carbocycles. The van der Waals surface area contributed by atoms with Crippen LogP contribution in [0.4, 0.5) is 0 Å². The molecular weight excluding hydrogens is 264 g/mol. The van der Waals surface area contributed by atoms with Crippen molar-refractivity contribution in [1.82, 2.24) is 0 Å². The van der Waals surface area contributed by atoms with Crippen LogP contribution in [-0.2, 0) is 21.1 Å². The van der Waals surface area contributed by atoms with Gasteiger partial charge in [-0.25, -0.2) is 8.42 Å². The fourth-order valence-corrected chi connectivity index (χ4v) is 2.13. The molecule has 0 aliphatic rings. The van der Waals surface area contributed by atoms with Crippen LogP contribution in [0.2, 0.25) is 0 Å². The minimum atomic E-state index is -2.98. The van der Waals surface area contributed by atoms with Gasteiger partial charge in [0, 0.05) is 12.2 Å². The predicted molar refractivity (Wildman–Crippen MR) is 75.3 cm³/mol. The summed E-state index contributed by atoms with van der Waals surface area (Å²) in [5, 5.41) is 0. The van der Waals surface area contributed by atoms with E-state index in [0.717, 1.165) is 12.0 Å². The van der Waals surface area contributed by atoms with Crippen LogP contribution < -0.4 is 4.74 Å². The van der Waals surface area contributed by atoms with Gasteiger partial charge in [-0.1, -0.05) is 19.1 Å². The summed E-state index contributed by atoms with van der Waals surface area (Å²) in [6.45, 7) is 3.37. The lowest BCUT2D eigenvalue weighted by Crippen LogP contribution is -2.15. The number of carbonyl (C=O) groups is 1. The second kappa shape index (κ2) is 7.28. The van der Waals surface area contributed by atoms with Gasteiger partial charge < -0.3 is 9.53 Å². The smallest absolute Gasteiger partial charge is 0.153 e. The van der Waals surface area contributed by atoms with E-state index in [1.54, 1.807) is 26.0 Å². The standard InChI is InChI=1S/C14H20O4S/c1-3-19(16,17)11-10-18-14-8-6-13(7-9-14)5-4-12(2)15/h6-9H,3-5,10-11H2,1-2H3. The molecule has 5 heteroatoms. The monoisotopic (exact) mass is 284 g/mol. The van der Waals surface area contributed by atoms with Gasteiger partial charge in [0.05, 0.1) is 5.75 Å². The summed E-state index contributed by atoms with van der Waals surface area (Å²) in [7, 11) is -2.98. The molecule has 19 heavy (non-hydrogen) atoms. The van der Waals surface area contributed by atoms with Crippen LogP contribution in [0.15, 0.2) is 24.3 Å². The van der Waals surface area contributed by atoms with Crippen LogP contribution in [-0.4, -0.2) is 32.3 Å². The van der Waals surface area contributed by atoms with Gasteiger partial charge >= 0.3 is 0 Å². The molecule has 4 nitrogen and oxygen atoms in total. The molecule has 0 heterocycles. The first-order chi connectivity index (χ1) is 8.93. The van der Waals surface area contributed by atoms with Gasteiger partial charge in [0.15, 0.2) is 9.84 Å². The van der Waals surface area contributed by atoms with Crippen molar-refractivity contribution in [1.29, 1.82) is 0 Å². The third-order valence-electron chi connectivity index (χ3n) is 2.79. The summed E-state index contributed by atoms with van der Waals surface area (Å²) in [6, 6.07) is 7.39. The van der Waals surface area contributed by atoms with Crippen LogP contribution in [0.5, 0.6) is 5.75 Å². The number of ketones is 1. The Morgan fingerprint density at radius 3 is 2.37 bits per heavy atom. The summed E-state index contributed by atoms with van der Waals surface area (Å²) in [6.07, 6.45) is 1.26. The second-order valence-corrected chi connectivity index (χ2v) is 6.90. The molecule has 0 N–H and O–H groups in total. The van der Waals surface area contributed by atoms with Crippen molar-refractivity contribution in [3.63, 3.8) is 0 Å². The third kappa shape index (κ3) is 6.38. The highest BCUT2D eigenvalue weighted by molar-refractivity contribution is 7.91. The maximum absolute atomic E-state index is 11.3. The Labute approximate surface area is 114 Å². The summed E-state index contributed by atoms with van der Waals surface area (Å²) in [5.74, 6) is 0.999. The van der Waals surface area contributed by atoms with Crippen molar-refractivity contribution < 1.29 is 17.9 Å². The van der Waals surface area contributed by atoms with Crippen molar-refractivity contribution >= 4 is 15.6 Å². The maximum atomic E-state index is 11.3. The first kappa shape index (κ1) is 15.7. The van der Waals surface area contributed by atoms with E-state index in [1.165, 1.54) is 0 Å². The lowest BCUT2D eigenvalue weighted by Gasteiger charge is -2.07. The Bertz CT molecular complexity index is 503. The van der Waals surface area contributed by atoms with Crippen molar-refractivity contribution in [2.75, 3.05) is 18.1 Å². The van der Waals surface area contributed by atoms with Gasteiger partial charge in [-0.15, -0.1) is 0 Å². The Morgan fingerprint density at radius 1 is 1.21 bits per heavy atom. The van der Waals surface area contributed by atoms with Crippen molar-refractivity contribution in [3.8, 4) is 5.75 Å². The Kier molecular flexibility index (Phi) is 6.02. The second-order valence-electron chi connectivity index (χ2n) is 4.43. The highest BCUT2D eigenvalue weighted by atomic mass is 32.2. The number of sulfone groups is 1. The average Bonchev–Trinajstić information content (AvgIpc) is 2.37. The van der Waals surface area contributed by atoms with Crippen LogP contribution in [0, 0.1) is 0 Å². The molecule has 106 valence electrons. The zero-order valence-corrected chi connectivity index (χ0v) is 12.2. The SMILES string of the molecule is CCS(=O)(=O)CCOc1ccc(CCC(C)=O)cc1. The molecule has 0 amide bonds. The molecule has 1 aromatic rings. The van der Waals surface area contributed by atoms with Gasteiger partial charge in [-0.05, 0) is 31.0 Å². The van der Waals surface area contributed by atoms with E-state index < -0.39 is 9.84 Å². The van der Waals surface area contributed by atoms with Crippen LogP contribution >= 0.6 is 0 Å². The fourth-order valence-electron chi connectivity index (χ4n) is 1.50. The Balaban J connectivity index is 2.42. The van der Waals surface area contributed by atoms with Gasteiger partial charge in [0.2, 0.25) is 0 Å². The molecule has 0 fully saturated rings. The molecule has 0 saturated heterocycles. The topological polar surface area (TPSA) is 60.4 Å². The van der Waals surface area contributed by atoms with E-state index in [1.807, 2.05) is 12.1 Å². The highest BCUT2D eigenvalue weighted by Crippen LogP contribution is 2.13. The molecule has 1 rings (SSSR count). The van der Waals surface area contributed by atoms with Crippen molar-refractivity contribution in [3.05, 3.63) is 29.8 Å². The molecule has 0 aliphatic heterocycles.